The van der Waals surface area contributed by atoms with Gasteiger partial charge in [0.2, 0.25) is 0 Å². The van der Waals surface area contributed by atoms with E-state index in [9.17, 15) is 4.79 Å². The van der Waals surface area contributed by atoms with Gasteiger partial charge in [0.05, 0.1) is 36.1 Å². The van der Waals surface area contributed by atoms with E-state index in [2.05, 4.69) is 5.10 Å². The van der Waals surface area contributed by atoms with E-state index in [-0.39, 0.29) is 10.8 Å². The van der Waals surface area contributed by atoms with Crippen LogP contribution >= 0.6 is 11.8 Å². The molecular weight excluding hydrogens is 350 g/mol. The van der Waals surface area contributed by atoms with Crippen LogP contribution in [0.2, 0.25) is 0 Å². The lowest BCUT2D eigenvalue weighted by molar-refractivity contribution is 0.391. The SMILES string of the molecule is COc1ccc([C@@H]2SC(C)=Nc3c2c(=O)[nH]n3C2CCCC2)c(OC)c1. The van der Waals surface area contributed by atoms with Crippen molar-refractivity contribution >= 4 is 22.6 Å². The number of benzene rings is 1. The Morgan fingerprint density at radius 1 is 1.23 bits per heavy atom. The highest BCUT2D eigenvalue weighted by atomic mass is 32.2. The van der Waals surface area contributed by atoms with E-state index in [4.69, 9.17) is 14.5 Å². The number of fused-ring (bicyclic) bond motifs is 1. The van der Waals surface area contributed by atoms with Gasteiger partial charge in [0, 0.05) is 11.6 Å². The van der Waals surface area contributed by atoms with Crippen molar-refractivity contribution in [1.29, 1.82) is 0 Å². The molecule has 0 spiro atoms. The highest BCUT2D eigenvalue weighted by Crippen LogP contribution is 2.48. The molecule has 1 aromatic carbocycles. The minimum atomic E-state index is -0.144. The largest absolute Gasteiger partial charge is 0.497 e. The molecule has 1 atom stereocenters. The number of aliphatic imine (C=N–C) groups is 1. The Labute approximate surface area is 156 Å². The van der Waals surface area contributed by atoms with Gasteiger partial charge in [-0.1, -0.05) is 30.7 Å². The highest BCUT2D eigenvalue weighted by Gasteiger charge is 2.34. The molecule has 2 aromatic rings. The van der Waals surface area contributed by atoms with Crippen molar-refractivity contribution in [2.45, 2.75) is 43.9 Å². The van der Waals surface area contributed by atoms with Gasteiger partial charge in [-0.2, -0.15) is 0 Å². The summed E-state index contributed by atoms with van der Waals surface area (Å²) >= 11 is 1.59. The van der Waals surface area contributed by atoms with Gasteiger partial charge in [0.15, 0.2) is 5.82 Å². The number of aromatic amines is 1. The van der Waals surface area contributed by atoms with Crippen LogP contribution in [0.3, 0.4) is 0 Å². The monoisotopic (exact) mass is 373 g/mol. The second kappa shape index (κ2) is 6.87. The second-order valence-corrected chi connectivity index (χ2v) is 8.02. The predicted octanol–water partition coefficient (Wildman–Crippen LogP) is 4.19. The van der Waals surface area contributed by atoms with E-state index in [1.54, 1.807) is 26.0 Å². The molecule has 6 nitrogen and oxygen atoms in total. The Hall–Kier alpha value is -2.15. The van der Waals surface area contributed by atoms with Gasteiger partial charge in [-0.05, 0) is 25.8 Å². The second-order valence-electron chi connectivity index (χ2n) is 6.72. The van der Waals surface area contributed by atoms with E-state index in [1.807, 2.05) is 29.8 Å². The smallest absolute Gasteiger partial charge is 0.271 e. The van der Waals surface area contributed by atoms with Crippen LogP contribution in [0.25, 0.3) is 0 Å². The molecule has 2 heterocycles. The van der Waals surface area contributed by atoms with Gasteiger partial charge in [-0.3, -0.25) is 14.6 Å². The van der Waals surface area contributed by atoms with Crippen molar-refractivity contribution in [3.05, 3.63) is 39.7 Å². The molecule has 1 fully saturated rings. The molecular formula is C19H23N3O3S. The summed E-state index contributed by atoms with van der Waals surface area (Å²) < 4.78 is 12.9. The molecule has 0 bridgehead atoms. The standard InChI is InChI=1S/C19H23N3O3S/c1-11-20-18-16(19(23)21-22(18)12-6-4-5-7-12)17(26-11)14-9-8-13(24-2)10-15(14)25-3/h8-10,12,17H,4-7H2,1-3H3,(H,21,23)/t17-/m0/s1. The van der Waals surface area contributed by atoms with Gasteiger partial charge in [-0.15, -0.1) is 0 Å². The summed E-state index contributed by atoms with van der Waals surface area (Å²) in [4.78, 5) is 17.6. The van der Waals surface area contributed by atoms with Crippen LogP contribution in [0.5, 0.6) is 11.5 Å². The molecule has 2 aliphatic rings. The molecule has 1 aliphatic heterocycles. The van der Waals surface area contributed by atoms with E-state index in [0.29, 0.717) is 6.04 Å². The zero-order chi connectivity index (χ0) is 18.3. The quantitative estimate of drug-likeness (QED) is 0.872. The Balaban J connectivity index is 1.84. The van der Waals surface area contributed by atoms with E-state index in [1.165, 1.54) is 12.8 Å². The summed E-state index contributed by atoms with van der Waals surface area (Å²) in [5.74, 6) is 2.23. The first-order valence-electron chi connectivity index (χ1n) is 8.90. The normalized spacial score (nSPS) is 20.0. The van der Waals surface area contributed by atoms with Crippen molar-refractivity contribution in [2.24, 2.45) is 4.99 Å². The first-order chi connectivity index (χ1) is 12.6. The third-order valence-corrected chi connectivity index (χ3v) is 6.32. The fraction of sp³-hybridized carbons (Fsp3) is 0.474. The minimum absolute atomic E-state index is 0.0569. The number of ether oxygens (including phenoxy) is 2. The van der Waals surface area contributed by atoms with Crippen LogP contribution in [-0.2, 0) is 0 Å². The molecule has 1 aromatic heterocycles. The summed E-state index contributed by atoms with van der Waals surface area (Å²) in [6.07, 6.45) is 4.59. The number of aromatic nitrogens is 2. The van der Waals surface area contributed by atoms with Crippen LogP contribution in [0, 0.1) is 0 Å². The van der Waals surface area contributed by atoms with Crippen LogP contribution in [0.1, 0.15) is 55.0 Å². The molecule has 1 N–H and O–H groups in total. The van der Waals surface area contributed by atoms with Crippen molar-refractivity contribution in [1.82, 2.24) is 9.78 Å². The van der Waals surface area contributed by atoms with Crippen LogP contribution < -0.4 is 15.0 Å². The lowest BCUT2D eigenvalue weighted by atomic mass is 10.0. The maximum absolute atomic E-state index is 12.8. The van der Waals surface area contributed by atoms with E-state index in [0.717, 1.165) is 46.3 Å². The maximum Gasteiger partial charge on any atom is 0.271 e. The highest BCUT2D eigenvalue weighted by molar-refractivity contribution is 8.14. The summed E-state index contributed by atoms with van der Waals surface area (Å²) in [6.45, 7) is 1.99. The molecule has 1 aliphatic carbocycles. The lowest BCUT2D eigenvalue weighted by Gasteiger charge is -2.23. The Morgan fingerprint density at radius 2 is 2.00 bits per heavy atom. The first kappa shape index (κ1) is 17.3. The van der Waals surface area contributed by atoms with E-state index >= 15 is 0 Å². The fourth-order valence-electron chi connectivity index (χ4n) is 3.89. The number of H-pyrrole nitrogens is 1. The summed E-state index contributed by atoms with van der Waals surface area (Å²) in [6, 6.07) is 6.08. The number of rotatable bonds is 4. The zero-order valence-corrected chi connectivity index (χ0v) is 16.1. The van der Waals surface area contributed by atoms with Crippen LogP contribution in [0.4, 0.5) is 5.82 Å². The minimum Gasteiger partial charge on any atom is -0.497 e. The molecule has 26 heavy (non-hydrogen) atoms. The van der Waals surface area contributed by atoms with Gasteiger partial charge in [0.1, 0.15) is 11.5 Å². The number of hydrogen-bond acceptors (Lipinski definition) is 5. The molecule has 138 valence electrons. The van der Waals surface area contributed by atoms with E-state index < -0.39 is 0 Å². The van der Waals surface area contributed by atoms with Gasteiger partial charge in [0.25, 0.3) is 5.56 Å². The van der Waals surface area contributed by atoms with Crippen LogP contribution in [-0.4, -0.2) is 29.0 Å². The molecule has 1 saturated carbocycles. The number of hydrogen-bond donors (Lipinski definition) is 1. The van der Waals surface area contributed by atoms with Crippen molar-refractivity contribution < 1.29 is 9.47 Å². The predicted molar refractivity (Wildman–Crippen MR) is 104 cm³/mol. The maximum atomic E-state index is 12.8. The topological polar surface area (TPSA) is 68.6 Å². The first-order valence-corrected chi connectivity index (χ1v) is 9.78. The third-order valence-electron chi connectivity index (χ3n) is 5.16. The Bertz CT molecular complexity index is 909. The molecule has 0 saturated heterocycles. The van der Waals surface area contributed by atoms with Crippen molar-refractivity contribution in [3.63, 3.8) is 0 Å². The number of methoxy groups -OCH3 is 2. The zero-order valence-electron chi connectivity index (χ0n) is 15.2. The van der Waals surface area contributed by atoms with Gasteiger partial charge >= 0.3 is 0 Å². The Kier molecular flexibility index (Phi) is 4.56. The van der Waals surface area contributed by atoms with Crippen molar-refractivity contribution in [2.75, 3.05) is 14.2 Å². The molecule has 7 heteroatoms. The number of nitrogens with zero attached hydrogens (tertiary/aromatic N) is 2. The van der Waals surface area contributed by atoms with Gasteiger partial charge < -0.3 is 9.47 Å². The summed E-state index contributed by atoms with van der Waals surface area (Å²) in [5.41, 5.74) is 1.62. The Morgan fingerprint density at radius 3 is 2.69 bits per heavy atom. The summed E-state index contributed by atoms with van der Waals surface area (Å²) in [7, 11) is 3.27. The molecule has 4 rings (SSSR count). The average molecular weight is 373 g/mol. The van der Waals surface area contributed by atoms with Crippen molar-refractivity contribution in [3.8, 4) is 11.5 Å². The van der Waals surface area contributed by atoms with Gasteiger partial charge in [-0.25, -0.2) is 4.99 Å². The average Bonchev–Trinajstić information content (AvgIpc) is 3.28. The molecule has 0 radical (unpaired) electrons. The summed E-state index contributed by atoms with van der Waals surface area (Å²) in [5, 5.41) is 3.86. The third kappa shape index (κ3) is 2.84. The lowest BCUT2D eigenvalue weighted by Crippen LogP contribution is -2.14. The number of nitrogens with one attached hydrogen (secondary N) is 1. The van der Waals surface area contributed by atoms with Crippen LogP contribution in [0.15, 0.2) is 28.0 Å². The number of thioether (sulfide) groups is 1. The molecule has 0 unspecified atom stereocenters. The fourth-order valence-corrected chi connectivity index (χ4v) is 5.02. The molecule has 0 amide bonds.